The van der Waals surface area contributed by atoms with Crippen LogP contribution < -0.4 is 9.47 Å². The van der Waals surface area contributed by atoms with Crippen molar-refractivity contribution < 1.29 is 48.2 Å². The zero-order valence-corrected chi connectivity index (χ0v) is 38.8. The quantitative estimate of drug-likeness (QED) is 0.0205. The lowest BCUT2D eigenvalue weighted by Gasteiger charge is -2.60. The number of carbonyl (C=O) groups is 2. The number of unbranched alkanes of at least 4 members (excludes halogenated alkanes) is 2. The highest BCUT2D eigenvalue weighted by Gasteiger charge is 2.65. The summed E-state index contributed by atoms with van der Waals surface area (Å²) in [6.45, 7) is 9.85. The molecule has 358 valence electrons. The lowest BCUT2D eigenvalue weighted by Crippen LogP contribution is -2.70. The maximum Gasteiger partial charge on any atom is 0.269 e. The fourth-order valence-corrected chi connectivity index (χ4v) is 9.79. The number of allylic oxidation sites excluding steroid dienone is 1. The molecule has 6 unspecified atom stereocenters. The SMILES string of the molecule is C=CCOC12Oc3ccc(Oc4cccc(C=O)c4)cc3C3C(CCCCO)C(CCCCO)C=C(C(=NOC(C)(C)C)CC1N(Cc1ccc(F)cc1)C(=O)C=Cc1ccc([N+](=O)[O-])cc1)C32. The van der Waals surface area contributed by atoms with Crippen LogP contribution in [0.4, 0.5) is 10.1 Å². The minimum absolute atomic E-state index is 0.00395. The van der Waals surface area contributed by atoms with Gasteiger partial charge in [0, 0.05) is 61.4 Å². The number of aliphatic hydroxyl groups is 2. The summed E-state index contributed by atoms with van der Waals surface area (Å²) in [5, 5.41) is 36.3. The van der Waals surface area contributed by atoms with E-state index in [1.807, 2.05) is 32.9 Å². The molecule has 0 spiro atoms. The predicted molar refractivity (Wildman–Crippen MR) is 257 cm³/mol. The van der Waals surface area contributed by atoms with Crippen LogP contribution in [0, 0.1) is 33.7 Å². The summed E-state index contributed by atoms with van der Waals surface area (Å²) in [5.41, 5.74) is 3.16. The van der Waals surface area contributed by atoms with Gasteiger partial charge in [-0.25, -0.2) is 4.39 Å². The van der Waals surface area contributed by atoms with E-state index in [9.17, 15) is 29.5 Å². The van der Waals surface area contributed by atoms with Crippen molar-refractivity contribution in [1.29, 1.82) is 0 Å². The van der Waals surface area contributed by atoms with Gasteiger partial charge >= 0.3 is 0 Å². The number of nitro groups is 1. The third-order valence-electron chi connectivity index (χ3n) is 12.8. The molecule has 2 aliphatic carbocycles. The lowest BCUT2D eigenvalue weighted by atomic mass is 9.55. The molecule has 4 aromatic rings. The third kappa shape index (κ3) is 11.4. The number of amides is 1. The summed E-state index contributed by atoms with van der Waals surface area (Å²) in [6.07, 6.45) is 11.9. The molecule has 1 amide bonds. The molecule has 0 bridgehead atoms. The monoisotopic (exact) mass is 929 g/mol. The molecular weight excluding hydrogens is 870 g/mol. The van der Waals surface area contributed by atoms with E-state index in [2.05, 4.69) is 12.7 Å². The van der Waals surface area contributed by atoms with Crippen LogP contribution in [0.5, 0.6) is 17.2 Å². The van der Waals surface area contributed by atoms with Crippen molar-refractivity contribution >= 4 is 29.7 Å². The normalized spacial score (nSPS) is 22.4. The topological polar surface area (TPSA) is 170 Å². The van der Waals surface area contributed by atoms with Crippen LogP contribution in [0.3, 0.4) is 0 Å². The highest BCUT2D eigenvalue weighted by molar-refractivity contribution is 6.03. The van der Waals surface area contributed by atoms with E-state index in [4.69, 9.17) is 24.2 Å². The Bertz CT molecular complexity index is 2520. The number of carbonyl (C=O) groups excluding carboxylic acids is 2. The standard InChI is InChI=1S/C54H60FN3O10/c1-5-29-65-54-49(57(34-37-15-20-40(55)21-16-37)50(62)26-19-36-17-22-41(23-18-36)58(63)64)33-47(56-68-53(2,3)4)45-31-39(12-6-8-27-59)44(14-7-9-28-60)51(52(45)54)46-32-43(24-25-48(46)67-54)66-42-13-10-11-38(30-42)35-61/h5,10-11,13,15-26,30-32,35,39,44,49,51-52,59-60H,1,6-9,12,14,27-29,33-34H2,2-4H3. The van der Waals surface area contributed by atoms with E-state index < -0.39 is 40.0 Å². The molecule has 7 rings (SSSR count). The second-order valence-electron chi connectivity index (χ2n) is 18.5. The number of ether oxygens (including phenoxy) is 3. The Morgan fingerprint density at radius 3 is 2.37 bits per heavy atom. The molecule has 4 aromatic carbocycles. The van der Waals surface area contributed by atoms with Crippen LogP contribution in [0.2, 0.25) is 0 Å². The van der Waals surface area contributed by atoms with E-state index in [1.165, 1.54) is 30.3 Å². The number of rotatable bonds is 21. The van der Waals surface area contributed by atoms with Gasteiger partial charge < -0.3 is 34.2 Å². The first-order valence-corrected chi connectivity index (χ1v) is 23.2. The molecular formula is C54H60FN3O10. The van der Waals surface area contributed by atoms with Crippen LogP contribution in [0.1, 0.15) is 98.7 Å². The Morgan fingerprint density at radius 2 is 1.69 bits per heavy atom. The zero-order chi connectivity index (χ0) is 48.4. The first kappa shape index (κ1) is 49.4. The average molecular weight is 930 g/mol. The minimum atomic E-state index is -1.60. The summed E-state index contributed by atoms with van der Waals surface area (Å²) in [6, 6.07) is 23.4. The van der Waals surface area contributed by atoms with Gasteiger partial charge in [0.1, 0.15) is 41.0 Å². The first-order valence-electron chi connectivity index (χ1n) is 23.2. The van der Waals surface area contributed by atoms with Gasteiger partial charge in [-0.15, -0.1) is 6.58 Å². The number of fused-ring (bicyclic) bond motifs is 2. The summed E-state index contributed by atoms with van der Waals surface area (Å²) in [4.78, 5) is 45.7. The molecule has 6 atom stereocenters. The number of halogens is 1. The molecule has 1 aliphatic heterocycles. The number of nitrogens with zero attached hydrogens (tertiary/aromatic N) is 3. The molecule has 13 nitrogen and oxygen atoms in total. The van der Waals surface area contributed by atoms with Gasteiger partial charge in [0.25, 0.3) is 5.69 Å². The van der Waals surface area contributed by atoms with Gasteiger partial charge in [-0.3, -0.25) is 19.7 Å². The van der Waals surface area contributed by atoms with Crippen LogP contribution in [-0.4, -0.2) is 75.2 Å². The van der Waals surface area contributed by atoms with Gasteiger partial charge in [-0.1, -0.05) is 54.4 Å². The van der Waals surface area contributed by atoms with E-state index in [0.717, 1.165) is 36.7 Å². The van der Waals surface area contributed by atoms with Gasteiger partial charge in [0.2, 0.25) is 11.7 Å². The summed E-state index contributed by atoms with van der Waals surface area (Å²) in [7, 11) is 0. The number of hydrogen-bond acceptors (Lipinski definition) is 11. The molecule has 1 heterocycles. The zero-order valence-electron chi connectivity index (χ0n) is 38.8. The second-order valence-corrected chi connectivity index (χ2v) is 18.5. The van der Waals surface area contributed by atoms with Crippen LogP contribution >= 0.6 is 0 Å². The van der Waals surface area contributed by atoms with Crippen molar-refractivity contribution in [3.05, 3.63) is 160 Å². The molecule has 0 aromatic heterocycles. The predicted octanol–water partition coefficient (Wildman–Crippen LogP) is 10.5. The van der Waals surface area contributed by atoms with Gasteiger partial charge in [-0.05, 0) is 136 Å². The minimum Gasteiger partial charge on any atom is -0.459 e. The smallest absolute Gasteiger partial charge is 0.269 e. The molecule has 1 saturated carbocycles. The van der Waals surface area contributed by atoms with Crippen LogP contribution in [0.25, 0.3) is 6.08 Å². The maximum atomic E-state index is 15.1. The molecule has 3 aliphatic rings. The highest BCUT2D eigenvalue weighted by atomic mass is 19.1. The summed E-state index contributed by atoms with van der Waals surface area (Å²) in [5.74, 6) is -2.04. The Labute approximate surface area is 396 Å². The van der Waals surface area contributed by atoms with E-state index >= 15 is 4.79 Å². The lowest BCUT2D eigenvalue weighted by molar-refractivity contribution is -0.384. The van der Waals surface area contributed by atoms with Crippen molar-refractivity contribution in [3.8, 4) is 17.2 Å². The van der Waals surface area contributed by atoms with Crippen LogP contribution in [0.15, 0.2) is 127 Å². The molecule has 68 heavy (non-hydrogen) atoms. The molecule has 14 heteroatoms. The third-order valence-corrected chi connectivity index (χ3v) is 12.8. The Hall–Kier alpha value is -6.48. The maximum absolute atomic E-state index is 15.1. The molecule has 2 N–H and O–H groups in total. The highest BCUT2D eigenvalue weighted by Crippen LogP contribution is 2.62. The fourth-order valence-electron chi connectivity index (χ4n) is 9.79. The fraction of sp³-hybridized carbons (Fsp3) is 0.389. The number of aldehydes is 1. The summed E-state index contributed by atoms with van der Waals surface area (Å²) >= 11 is 0. The molecule has 1 fully saturated rings. The number of nitro benzene ring substituents is 1. The Balaban J connectivity index is 1.47. The van der Waals surface area contributed by atoms with E-state index in [0.29, 0.717) is 58.9 Å². The van der Waals surface area contributed by atoms with Crippen molar-refractivity contribution in [1.82, 2.24) is 4.90 Å². The van der Waals surface area contributed by atoms with Gasteiger partial charge in [0.15, 0.2) is 0 Å². The molecule has 0 radical (unpaired) electrons. The van der Waals surface area contributed by atoms with E-state index in [1.54, 1.807) is 71.6 Å². The van der Waals surface area contributed by atoms with Crippen molar-refractivity contribution in [3.63, 3.8) is 0 Å². The Kier molecular flexibility index (Phi) is 16.1. The Morgan fingerprint density at radius 1 is 0.971 bits per heavy atom. The summed E-state index contributed by atoms with van der Waals surface area (Å²) < 4.78 is 35.4. The number of oxime groups is 1. The van der Waals surface area contributed by atoms with Crippen molar-refractivity contribution in [2.45, 2.75) is 95.6 Å². The molecule has 0 saturated heterocycles. The average Bonchev–Trinajstić information content (AvgIpc) is 3.33. The largest absolute Gasteiger partial charge is 0.459 e. The number of benzene rings is 4. The van der Waals surface area contributed by atoms with Gasteiger partial charge in [-0.2, -0.15) is 0 Å². The van der Waals surface area contributed by atoms with Crippen molar-refractivity contribution in [2.75, 3.05) is 19.8 Å². The number of aliphatic hydroxyl groups excluding tert-OH is 2. The van der Waals surface area contributed by atoms with Crippen LogP contribution in [-0.2, 0) is 20.9 Å². The van der Waals surface area contributed by atoms with Crippen molar-refractivity contribution in [2.24, 2.45) is 22.9 Å². The number of non-ortho nitro benzene ring substituents is 1. The van der Waals surface area contributed by atoms with Gasteiger partial charge in [0.05, 0.1) is 23.2 Å². The second kappa shape index (κ2) is 22.1. The number of hydrogen-bond donors (Lipinski definition) is 2. The first-order chi connectivity index (χ1) is 32.8. The van der Waals surface area contributed by atoms with E-state index in [-0.39, 0.29) is 56.2 Å².